The van der Waals surface area contributed by atoms with Gasteiger partial charge in [0.15, 0.2) is 0 Å². The molecule has 2 aromatic rings. The van der Waals surface area contributed by atoms with E-state index in [1.807, 2.05) is 24.4 Å². The van der Waals surface area contributed by atoms with E-state index in [4.69, 9.17) is 21.8 Å². The molecule has 2 saturated heterocycles. The van der Waals surface area contributed by atoms with Gasteiger partial charge in [-0.2, -0.15) is 10.4 Å². The first-order valence-corrected chi connectivity index (χ1v) is 9.84. The fourth-order valence-corrected chi connectivity index (χ4v) is 4.70. The van der Waals surface area contributed by atoms with Crippen molar-refractivity contribution in [1.82, 2.24) is 14.5 Å². The minimum absolute atomic E-state index is 0.0199. The first-order chi connectivity index (χ1) is 14.0. The molecule has 9 nitrogen and oxygen atoms in total. The Labute approximate surface area is 168 Å². The van der Waals surface area contributed by atoms with Crippen molar-refractivity contribution in [3.05, 3.63) is 30.1 Å². The van der Waals surface area contributed by atoms with Gasteiger partial charge in [-0.05, 0) is 37.8 Å². The van der Waals surface area contributed by atoms with Crippen molar-refractivity contribution in [2.45, 2.75) is 56.7 Å². The highest BCUT2D eigenvalue weighted by Gasteiger charge is 2.42. The number of carbonyl (C=O) groups excluding carboxylic acids is 1. The lowest BCUT2D eigenvalue weighted by atomic mass is 9.95. The number of nitrogens with two attached hydrogens (primary N) is 1. The van der Waals surface area contributed by atoms with Crippen LogP contribution in [-0.2, 0) is 0 Å². The molecule has 29 heavy (non-hydrogen) atoms. The predicted octanol–water partition coefficient (Wildman–Crippen LogP) is 2.14. The maximum absolute atomic E-state index is 11.9. The second-order valence-corrected chi connectivity index (χ2v) is 7.78. The number of rotatable bonds is 6. The molecule has 0 aromatic carbocycles. The van der Waals surface area contributed by atoms with Crippen LogP contribution in [0.25, 0.3) is 5.52 Å². The number of hydrogen-bond donors (Lipinski definition) is 4. The summed E-state index contributed by atoms with van der Waals surface area (Å²) in [5.41, 5.74) is 7.51. The molecule has 0 saturated carbocycles. The van der Waals surface area contributed by atoms with Gasteiger partial charge >= 0.3 is 0 Å². The topological polar surface area (TPSA) is 147 Å². The van der Waals surface area contributed by atoms with Crippen LogP contribution in [0.3, 0.4) is 0 Å². The summed E-state index contributed by atoms with van der Waals surface area (Å²) in [6.45, 7) is 0. The summed E-state index contributed by atoms with van der Waals surface area (Å²) < 4.78 is 1.72. The van der Waals surface area contributed by atoms with Crippen molar-refractivity contribution >= 4 is 28.7 Å². The highest BCUT2D eigenvalue weighted by atomic mass is 16.1. The van der Waals surface area contributed by atoms with Gasteiger partial charge in [-0.1, -0.05) is 0 Å². The monoisotopic (exact) mass is 392 g/mol. The molecule has 150 valence electrons. The van der Waals surface area contributed by atoms with E-state index in [1.165, 1.54) is 6.20 Å². The van der Waals surface area contributed by atoms with E-state index < -0.39 is 5.91 Å². The van der Waals surface area contributed by atoms with Crippen LogP contribution in [-0.4, -0.2) is 50.1 Å². The summed E-state index contributed by atoms with van der Waals surface area (Å²) in [5.74, 6) is 0.0116. The van der Waals surface area contributed by atoms with E-state index in [0.717, 1.165) is 31.2 Å². The van der Waals surface area contributed by atoms with Crippen LogP contribution in [0.4, 0.5) is 5.69 Å². The molecule has 2 aliphatic rings. The number of nitrogens with zero attached hydrogens (tertiary/aromatic N) is 4. The maximum Gasteiger partial charge on any atom is 0.252 e. The molecule has 2 aliphatic heterocycles. The van der Waals surface area contributed by atoms with Crippen LogP contribution in [0.2, 0.25) is 0 Å². The Hall–Kier alpha value is -3.41. The van der Waals surface area contributed by atoms with E-state index in [1.54, 1.807) is 4.52 Å². The van der Waals surface area contributed by atoms with Crippen LogP contribution >= 0.6 is 0 Å². The van der Waals surface area contributed by atoms with Crippen molar-refractivity contribution < 1.29 is 4.79 Å². The smallest absolute Gasteiger partial charge is 0.252 e. The molecule has 1 unspecified atom stereocenters. The number of amides is 1. The number of nitrogens with one attached hydrogen (secondary N) is 3. The van der Waals surface area contributed by atoms with Crippen molar-refractivity contribution in [2.75, 3.05) is 5.32 Å². The highest BCUT2D eigenvalue weighted by molar-refractivity contribution is 6.02. The van der Waals surface area contributed by atoms with Crippen LogP contribution < -0.4 is 11.1 Å². The van der Waals surface area contributed by atoms with Gasteiger partial charge in [0.25, 0.3) is 5.91 Å². The Kier molecular flexibility index (Phi) is 4.92. The molecule has 1 amide bonds. The molecular formula is C20H24N8O. The first kappa shape index (κ1) is 18.9. The number of aromatic nitrogens is 2. The zero-order valence-corrected chi connectivity index (χ0v) is 16.1. The number of hydrogen-bond acceptors (Lipinski definition) is 6. The molecule has 0 radical (unpaired) electrons. The minimum Gasteiger partial charge on any atom is -0.380 e. The van der Waals surface area contributed by atoms with Crippen molar-refractivity contribution in [2.24, 2.45) is 5.73 Å². The third kappa shape index (κ3) is 3.53. The molecule has 0 aliphatic carbocycles. The van der Waals surface area contributed by atoms with Gasteiger partial charge in [0.2, 0.25) is 0 Å². The number of piperidine rings is 1. The summed E-state index contributed by atoms with van der Waals surface area (Å²) in [7, 11) is 0. The summed E-state index contributed by atoms with van der Waals surface area (Å²) >= 11 is 0. The largest absolute Gasteiger partial charge is 0.380 e. The standard InChI is InChI=1S/C20H24N8O/c21-10-12(22)3-6-18(23)28-14-4-5-15(28)9-13(8-14)26-19-16(20(24)29)11-25-27-7-1-2-17(19)27/h1-2,7,11,13-15,22-23,26H,3-6,8-9H2,(H2,24,29)/t13?,14-,15+. The Bertz CT molecular complexity index is 1010. The average Bonchev–Trinajstić information content (AvgIpc) is 3.28. The zero-order valence-electron chi connectivity index (χ0n) is 16.1. The third-order valence-corrected chi connectivity index (χ3v) is 5.97. The molecule has 4 heterocycles. The summed E-state index contributed by atoms with van der Waals surface area (Å²) in [6.07, 6.45) is 7.86. The van der Waals surface area contributed by atoms with Crippen LogP contribution in [0.1, 0.15) is 48.9 Å². The van der Waals surface area contributed by atoms with Gasteiger partial charge in [0.05, 0.1) is 28.8 Å². The van der Waals surface area contributed by atoms with Crippen LogP contribution in [0.5, 0.6) is 0 Å². The molecule has 2 aromatic heterocycles. The molecule has 3 atom stereocenters. The number of amidine groups is 1. The van der Waals surface area contributed by atoms with Gasteiger partial charge < -0.3 is 16.0 Å². The second kappa shape index (κ2) is 7.54. The van der Waals surface area contributed by atoms with Gasteiger partial charge in [-0.3, -0.25) is 15.6 Å². The van der Waals surface area contributed by atoms with E-state index in [2.05, 4.69) is 15.3 Å². The van der Waals surface area contributed by atoms with E-state index in [9.17, 15) is 4.79 Å². The maximum atomic E-state index is 11.9. The van der Waals surface area contributed by atoms with Gasteiger partial charge in [-0.25, -0.2) is 4.52 Å². The first-order valence-electron chi connectivity index (χ1n) is 9.84. The molecule has 2 bridgehead atoms. The molecule has 2 fully saturated rings. The molecule has 5 N–H and O–H groups in total. The summed E-state index contributed by atoms with van der Waals surface area (Å²) in [5, 5.41) is 32.5. The Morgan fingerprint density at radius 2 is 2.03 bits per heavy atom. The fraction of sp³-hybridized carbons (Fsp3) is 0.450. The zero-order chi connectivity index (χ0) is 20.5. The minimum atomic E-state index is -0.508. The normalized spacial score (nSPS) is 23.0. The Morgan fingerprint density at radius 3 is 2.69 bits per heavy atom. The third-order valence-electron chi connectivity index (χ3n) is 5.97. The second-order valence-electron chi connectivity index (χ2n) is 7.78. The lowest BCUT2D eigenvalue weighted by Gasteiger charge is -2.41. The Morgan fingerprint density at radius 1 is 1.31 bits per heavy atom. The highest BCUT2D eigenvalue weighted by Crippen LogP contribution is 2.38. The van der Waals surface area contributed by atoms with Crippen LogP contribution in [0.15, 0.2) is 24.5 Å². The number of fused-ring (bicyclic) bond motifs is 3. The van der Waals surface area contributed by atoms with Gasteiger partial charge in [-0.15, -0.1) is 0 Å². The summed E-state index contributed by atoms with van der Waals surface area (Å²) in [6, 6.07) is 6.32. The number of primary amides is 1. The van der Waals surface area contributed by atoms with Crippen molar-refractivity contribution in [1.29, 1.82) is 16.1 Å². The van der Waals surface area contributed by atoms with E-state index >= 15 is 0 Å². The van der Waals surface area contributed by atoms with Gasteiger partial charge in [0, 0.05) is 37.2 Å². The van der Waals surface area contributed by atoms with Gasteiger partial charge in [0.1, 0.15) is 11.8 Å². The number of nitriles is 1. The van der Waals surface area contributed by atoms with E-state index in [-0.39, 0.29) is 23.8 Å². The molecule has 9 heteroatoms. The van der Waals surface area contributed by atoms with E-state index in [0.29, 0.717) is 29.9 Å². The quantitative estimate of drug-likeness (QED) is 0.439. The Balaban J connectivity index is 1.50. The van der Waals surface area contributed by atoms with Crippen LogP contribution in [0, 0.1) is 22.1 Å². The molecule has 4 rings (SSSR count). The molecular weight excluding hydrogens is 368 g/mol. The summed E-state index contributed by atoms with van der Waals surface area (Å²) in [4.78, 5) is 14.1. The SMILES string of the molecule is N#CC(=N)CCC(=N)N1[C@@H]2CC[C@H]1CC(Nc1c(C(N)=O)cnn3cccc13)C2. The average molecular weight is 392 g/mol. The van der Waals surface area contributed by atoms with Crippen molar-refractivity contribution in [3.8, 4) is 6.07 Å². The number of carbonyl (C=O) groups is 1. The molecule has 0 spiro atoms. The number of anilines is 1. The predicted molar refractivity (Wildman–Crippen MR) is 109 cm³/mol. The lowest BCUT2D eigenvalue weighted by molar-refractivity contribution is 0.100. The van der Waals surface area contributed by atoms with Crippen molar-refractivity contribution in [3.63, 3.8) is 0 Å². The lowest BCUT2D eigenvalue weighted by Crippen LogP contribution is -2.49. The fourth-order valence-electron chi connectivity index (χ4n) is 4.70.